The summed E-state index contributed by atoms with van der Waals surface area (Å²) in [5.41, 5.74) is 1.14. The smallest absolute Gasteiger partial charge is 0.231 e. The molecule has 1 aromatic rings. The number of benzene rings is 1. The van der Waals surface area contributed by atoms with Gasteiger partial charge in [-0.1, -0.05) is 30.1 Å². The maximum atomic E-state index is 12.6. The second kappa shape index (κ2) is 6.33. The molecule has 0 saturated carbocycles. The molecule has 1 heterocycles. The second-order valence-electron chi connectivity index (χ2n) is 5.45. The number of piperidine rings is 1. The summed E-state index contributed by atoms with van der Waals surface area (Å²) < 4.78 is 0. The van der Waals surface area contributed by atoms with Gasteiger partial charge in [0, 0.05) is 11.6 Å². The summed E-state index contributed by atoms with van der Waals surface area (Å²) in [6.07, 6.45) is 2.73. The van der Waals surface area contributed by atoms with E-state index in [2.05, 4.69) is 17.6 Å². The van der Waals surface area contributed by atoms with Crippen molar-refractivity contribution in [2.75, 3.05) is 18.4 Å². The van der Waals surface area contributed by atoms with Crippen LogP contribution >= 0.6 is 23.2 Å². The summed E-state index contributed by atoms with van der Waals surface area (Å²) in [5.74, 6) is 0.0222. The summed E-state index contributed by atoms with van der Waals surface area (Å²) in [4.78, 5) is 12.6. The summed E-state index contributed by atoms with van der Waals surface area (Å²) >= 11 is 12.3. The zero-order valence-electron chi connectivity index (χ0n) is 11.9. The largest absolute Gasteiger partial charge is 0.324 e. The van der Waals surface area contributed by atoms with Gasteiger partial charge in [-0.2, -0.15) is 0 Å². The highest BCUT2D eigenvalue weighted by atomic mass is 35.5. The lowest BCUT2D eigenvalue weighted by molar-refractivity contribution is -0.126. The molecule has 1 saturated heterocycles. The lowest BCUT2D eigenvalue weighted by atomic mass is 9.77. The molecule has 1 aliphatic heterocycles. The molecular formula is C15H20Cl2N2O. The molecule has 1 atom stereocenters. The quantitative estimate of drug-likeness (QED) is 0.884. The molecule has 1 aromatic carbocycles. The lowest BCUT2D eigenvalue weighted by Crippen LogP contribution is -2.47. The first-order valence-corrected chi connectivity index (χ1v) is 7.72. The fourth-order valence-corrected chi connectivity index (χ4v) is 3.05. The topological polar surface area (TPSA) is 41.1 Å². The van der Waals surface area contributed by atoms with E-state index in [1.54, 1.807) is 12.1 Å². The average molecular weight is 315 g/mol. The van der Waals surface area contributed by atoms with Crippen LogP contribution in [0.2, 0.25) is 10.0 Å². The van der Waals surface area contributed by atoms with E-state index >= 15 is 0 Å². The zero-order valence-corrected chi connectivity index (χ0v) is 13.4. The van der Waals surface area contributed by atoms with Gasteiger partial charge in [0.05, 0.1) is 16.1 Å². The maximum absolute atomic E-state index is 12.6. The number of hydrogen-bond donors (Lipinski definition) is 2. The van der Waals surface area contributed by atoms with Crippen LogP contribution in [0.15, 0.2) is 12.1 Å². The predicted octanol–water partition coefficient (Wildman–Crippen LogP) is 4.02. The minimum atomic E-state index is -0.348. The standard InChI is InChI=1S/C15H20Cl2N2O/c1-3-15(5-4-6-18-9-15)14(20)19-13-8-11(16)10(2)7-12(13)17/h7-8,18H,3-6,9H2,1-2H3,(H,19,20). The Hall–Kier alpha value is -0.770. The van der Waals surface area contributed by atoms with E-state index in [1.165, 1.54) is 0 Å². The molecule has 0 radical (unpaired) electrons. The van der Waals surface area contributed by atoms with E-state index in [0.717, 1.165) is 31.4 Å². The summed E-state index contributed by atoms with van der Waals surface area (Å²) in [6, 6.07) is 3.49. The predicted molar refractivity (Wildman–Crippen MR) is 84.7 cm³/mol. The van der Waals surface area contributed by atoms with Crippen molar-refractivity contribution in [3.8, 4) is 0 Å². The van der Waals surface area contributed by atoms with Crippen LogP contribution in [0.25, 0.3) is 0 Å². The molecular weight excluding hydrogens is 295 g/mol. The first kappa shape index (κ1) is 15.6. The highest BCUT2D eigenvalue weighted by Crippen LogP contribution is 2.34. The number of carbonyl (C=O) groups is 1. The van der Waals surface area contributed by atoms with Gasteiger partial charge >= 0.3 is 0 Å². The first-order chi connectivity index (χ1) is 9.48. The fourth-order valence-electron chi connectivity index (χ4n) is 2.62. The number of amides is 1. The van der Waals surface area contributed by atoms with Crippen LogP contribution in [-0.2, 0) is 4.79 Å². The Morgan fingerprint density at radius 3 is 2.75 bits per heavy atom. The van der Waals surface area contributed by atoms with Gasteiger partial charge in [-0.25, -0.2) is 0 Å². The minimum absolute atomic E-state index is 0.0222. The molecule has 0 spiro atoms. The van der Waals surface area contributed by atoms with Crippen LogP contribution in [0.1, 0.15) is 31.7 Å². The highest BCUT2D eigenvalue weighted by Gasteiger charge is 2.38. The molecule has 0 aromatic heterocycles. The Morgan fingerprint density at radius 1 is 1.40 bits per heavy atom. The van der Waals surface area contributed by atoms with Crippen molar-refractivity contribution in [1.29, 1.82) is 0 Å². The molecule has 5 heteroatoms. The van der Waals surface area contributed by atoms with Crippen molar-refractivity contribution in [3.63, 3.8) is 0 Å². The van der Waals surface area contributed by atoms with Crippen LogP contribution in [0.4, 0.5) is 5.69 Å². The second-order valence-corrected chi connectivity index (χ2v) is 6.26. The number of nitrogens with one attached hydrogen (secondary N) is 2. The Balaban J connectivity index is 2.20. The van der Waals surface area contributed by atoms with Crippen LogP contribution < -0.4 is 10.6 Å². The SMILES string of the molecule is CCC1(C(=O)Nc2cc(Cl)c(C)cc2Cl)CCCNC1. The fraction of sp³-hybridized carbons (Fsp3) is 0.533. The van der Waals surface area contributed by atoms with E-state index in [9.17, 15) is 4.79 Å². The maximum Gasteiger partial charge on any atom is 0.231 e. The summed E-state index contributed by atoms with van der Waals surface area (Å²) in [6.45, 7) is 5.63. The number of carbonyl (C=O) groups excluding carboxylic acids is 1. The lowest BCUT2D eigenvalue weighted by Gasteiger charge is -2.35. The Labute approximate surface area is 130 Å². The molecule has 3 nitrogen and oxygen atoms in total. The number of rotatable bonds is 3. The van der Waals surface area contributed by atoms with Gasteiger partial charge < -0.3 is 10.6 Å². The van der Waals surface area contributed by atoms with E-state index < -0.39 is 0 Å². The normalized spacial score (nSPS) is 22.6. The van der Waals surface area contributed by atoms with Crippen LogP contribution in [0, 0.1) is 12.3 Å². The first-order valence-electron chi connectivity index (χ1n) is 6.96. The van der Waals surface area contributed by atoms with Gasteiger partial charge in [-0.15, -0.1) is 0 Å². The third-order valence-corrected chi connectivity index (χ3v) is 4.85. The van der Waals surface area contributed by atoms with Gasteiger partial charge in [0.15, 0.2) is 0 Å². The molecule has 1 unspecified atom stereocenters. The zero-order chi connectivity index (χ0) is 14.8. The third kappa shape index (κ3) is 3.11. The van der Waals surface area contributed by atoms with Gasteiger partial charge in [0.25, 0.3) is 0 Å². The molecule has 110 valence electrons. The molecule has 1 amide bonds. The van der Waals surface area contributed by atoms with E-state index in [4.69, 9.17) is 23.2 Å². The number of aryl methyl sites for hydroxylation is 1. The van der Waals surface area contributed by atoms with E-state index in [0.29, 0.717) is 22.3 Å². The van der Waals surface area contributed by atoms with Crippen LogP contribution in [-0.4, -0.2) is 19.0 Å². The Bertz CT molecular complexity index is 511. The molecule has 2 rings (SSSR count). The molecule has 2 N–H and O–H groups in total. The number of anilines is 1. The van der Waals surface area contributed by atoms with Crippen molar-refractivity contribution >= 4 is 34.8 Å². The number of hydrogen-bond acceptors (Lipinski definition) is 2. The third-order valence-electron chi connectivity index (χ3n) is 4.13. The van der Waals surface area contributed by atoms with Crippen LogP contribution in [0.5, 0.6) is 0 Å². The Morgan fingerprint density at radius 2 is 2.15 bits per heavy atom. The molecule has 1 aliphatic rings. The van der Waals surface area contributed by atoms with Crippen molar-refractivity contribution in [2.24, 2.45) is 5.41 Å². The van der Waals surface area contributed by atoms with Gasteiger partial charge in [0.2, 0.25) is 5.91 Å². The van der Waals surface area contributed by atoms with Gasteiger partial charge in [0.1, 0.15) is 0 Å². The Kier molecular flexibility index (Phi) is 4.95. The molecule has 0 aliphatic carbocycles. The van der Waals surface area contributed by atoms with Crippen molar-refractivity contribution in [2.45, 2.75) is 33.1 Å². The number of halogens is 2. The molecule has 1 fully saturated rings. The van der Waals surface area contributed by atoms with E-state index in [1.807, 2.05) is 6.92 Å². The van der Waals surface area contributed by atoms with Crippen molar-refractivity contribution < 1.29 is 4.79 Å². The average Bonchev–Trinajstić information content (AvgIpc) is 2.45. The highest BCUT2D eigenvalue weighted by molar-refractivity contribution is 6.36. The van der Waals surface area contributed by atoms with Gasteiger partial charge in [-0.05, 0) is 50.4 Å². The molecule has 20 heavy (non-hydrogen) atoms. The van der Waals surface area contributed by atoms with Crippen molar-refractivity contribution in [3.05, 3.63) is 27.7 Å². The monoisotopic (exact) mass is 314 g/mol. The van der Waals surface area contributed by atoms with E-state index in [-0.39, 0.29) is 11.3 Å². The summed E-state index contributed by atoms with van der Waals surface area (Å²) in [7, 11) is 0. The van der Waals surface area contributed by atoms with Gasteiger partial charge in [-0.3, -0.25) is 4.79 Å². The minimum Gasteiger partial charge on any atom is -0.324 e. The van der Waals surface area contributed by atoms with Crippen LogP contribution in [0.3, 0.4) is 0 Å². The molecule has 0 bridgehead atoms. The summed E-state index contributed by atoms with van der Waals surface area (Å²) in [5, 5.41) is 7.38. The van der Waals surface area contributed by atoms with Crippen molar-refractivity contribution in [1.82, 2.24) is 5.32 Å².